The van der Waals surface area contributed by atoms with Crippen LogP contribution in [0.3, 0.4) is 0 Å². The molecule has 0 aliphatic heterocycles. The van der Waals surface area contributed by atoms with Crippen LogP contribution in [0.2, 0.25) is 0 Å². The average Bonchev–Trinajstić information content (AvgIpc) is 2.90. The van der Waals surface area contributed by atoms with Gasteiger partial charge in [-0.15, -0.1) is 11.3 Å². The lowest BCUT2D eigenvalue weighted by atomic mass is 9.68. The van der Waals surface area contributed by atoms with E-state index in [-0.39, 0.29) is 5.54 Å². The van der Waals surface area contributed by atoms with Gasteiger partial charge in [-0.3, -0.25) is 4.90 Å². The minimum Gasteiger partial charge on any atom is -0.329 e. The molecule has 0 bridgehead atoms. The van der Waals surface area contributed by atoms with E-state index >= 15 is 0 Å². The fourth-order valence-electron chi connectivity index (χ4n) is 3.96. The monoisotopic (exact) mass is 294 g/mol. The molecule has 20 heavy (non-hydrogen) atoms. The largest absolute Gasteiger partial charge is 0.329 e. The van der Waals surface area contributed by atoms with Crippen molar-refractivity contribution in [1.29, 1.82) is 0 Å². The zero-order chi connectivity index (χ0) is 14.8. The minimum absolute atomic E-state index is 0.185. The zero-order valence-corrected chi connectivity index (χ0v) is 14.2. The van der Waals surface area contributed by atoms with Crippen LogP contribution in [0.5, 0.6) is 0 Å². The first-order chi connectivity index (χ1) is 9.49. The van der Waals surface area contributed by atoms with Crippen molar-refractivity contribution in [3.8, 4) is 0 Å². The summed E-state index contributed by atoms with van der Waals surface area (Å²) in [5, 5.41) is 2.18. The van der Waals surface area contributed by atoms with Crippen LogP contribution in [0.1, 0.15) is 51.8 Å². The number of rotatable bonds is 5. The van der Waals surface area contributed by atoms with Crippen molar-refractivity contribution >= 4 is 11.3 Å². The second-order valence-corrected chi connectivity index (χ2v) is 7.92. The molecule has 3 atom stereocenters. The highest BCUT2D eigenvalue weighted by molar-refractivity contribution is 7.09. The Morgan fingerprint density at radius 3 is 2.70 bits per heavy atom. The van der Waals surface area contributed by atoms with E-state index in [9.17, 15) is 0 Å². The first kappa shape index (κ1) is 16.0. The summed E-state index contributed by atoms with van der Waals surface area (Å²) in [6.45, 7) is 11.3. The average molecular weight is 295 g/mol. The molecule has 0 radical (unpaired) electrons. The van der Waals surface area contributed by atoms with Gasteiger partial charge in [0.05, 0.1) is 0 Å². The van der Waals surface area contributed by atoms with Crippen molar-refractivity contribution < 1.29 is 0 Å². The maximum absolute atomic E-state index is 6.30. The molecule has 1 heterocycles. The molecule has 1 aliphatic carbocycles. The van der Waals surface area contributed by atoms with E-state index in [1.807, 2.05) is 11.3 Å². The maximum Gasteiger partial charge on any atom is 0.0363 e. The Kier molecular flexibility index (Phi) is 5.27. The molecule has 0 aromatic carbocycles. The number of nitrogens with zero attached hydrogens (tertiary/aromatic N) is 1. The van der Waals surface area contributed by atoms with E-state index in [0.29, 0.717) is 12.0 Å². The fourth-order valence-corrected chi connectivity index (χ4v) is 4.66. The van der Waals surface area contributed by atoms with Gasteiger partial charge in [0.15, 0.2) is 0 Å². The maximum atomic E-state index is 6.30. The molecule has 114 valence electrons. The smallest absolute Gasteiger partial charge is 0.0363 e. The van der Waals surface area contributed by atoms with E-state index < -0.39 is 0 Å². The van der Waals surface area contributed by atoms with Crippen LogP contribution in [-0.4, -0.2) is 23.0 Å². The lowest BCUT2D eigenvalue weighted by molar-refractivity contribution is -0.0262. The molecule has 1 aromatic heterocycles. The summed E-state index contributed by atoms with van der Waals surface area (Å²) in [6, 6.07) is 4.94. The third kappa shape index (κ3) is 3.10. The zero-order valence-electron chi connectivity index (χ0n) is 13.4. The third-order valence-corrected chi connectivity index (χ3v) is 6.06. The molecule has 3 unspecified atom stereocenters. The summed E-state index contributed by atoms with van der Waals surface area (Å²) in [5.41, 5.74) is 6.49. The van der Waals surface area contributed by atoms with Gasteiger partial charge >= 0.3 is 0 Å². The molecule has 0 spiro atoms. The number of hydrogen-bond donors (Lipinski definition) is 1. The van der Waals surface area contributed by atoms with Crippen molar-refractivity contribution in [3.05, 3.63) is 22.4 Å². The standard InChI is InChI=1S/C17H30N2S/c1-13(2)19(11-16-6-5-9-20-16)17(12-18)8-7-14(3)10-15(17)4/h5-6,9,13-15H,7-8,10-12,18H2,1-4H3. The van der Waals surface area contributed by atoms with Crippen LogP contribution in [0.15, 0.2) is 17.5 Å². The Bertz CT molecular complexity index is 401. The molecule has 1 aliphatic rings. The van der Waals surface area contributed by atoms with Crippen LogP contribution in [0.25, 0.3) is 0 Å². The summed E-state index contributed by atoms with van der Waals surface area (Å²) in [5.74, 6) is 1.53. The van der Waals surface area contributed by atoms with E-state index in [1.165, 1.54) is 24.1 Å². The molecule has 2 N–H and O–H groups in total. The van der Waals surface area contributed by atoms with E-state index in [1.54, 1.807) is 0 Å². The Morgan fingerprint density at radius 1 is 1.45 bits per heavy atom. The van der Waals surface area contributed by atoms with Gasteiger partial charge < -0.3 is 5.73 Å². The Labute approximate surface area is 128 Å². The highest BCUT2D eigenvalue weighted by atomic mass is 32.1. The van der Waals surface area contributed by atoms with E-state index in [2.05, 4.69) is 50.1 Å². The SMILES string of the molecule is CC1CCC(CN)(N(Cc2cccs2)C(C)C)C(C)C1. The molecule has 1 saturated carbocycles. The fraction of sp³-hybridized carbons (Fsp3) is 0.765. The first-order valence-corrected chi connectivity index (χ1v) is 8.86. The van der Waals surface area contributed by atoms with Gasteiger partial charge in [0.2, 0.25) is 0 Å². The van der Waals surface area contributed by atoms with Crippen molar-refractivity contribution in [2.75, 3.05) is 6.54 Å². The first-order valence-electron chi connectivity index (χ1n) is 7.98. The van der Waals surface area contributed by atoms with E-state index in [4.69, 9.17) is 5.73 Å². The molecule has 0 saturated heterocycles. The van der Waals surface area contributed by atoms with Gasteiger partial charge in [-0.2, -0.15) is 0 Å². The summed E-state index contributed by atoms with van der Waals surface area (Å²) in [4.78, 5) is 4.13. The number of hydrogen-bond acceptors (Lipinski definition) is 3. The summed E-state index contributed by atoms with van der Waals surface area (Å²) in [6.07, 6.45) is 3.87. The van der Waals surface area contributed by atoms with Gasteiger partial charge in [0.1, 0.15) is 0 Å². The topological polar surface area (TPSA) is 29.3 Å². The predicted octanol–water partition coefficient (Wildman–Crippen LogP) is 4.11. The summed E-state index contributed by atoms with van der Waals surface area (Å²) < 4.78 is 0. The molecule has 3 heteroatoms. The van der Waals surface area contributed by atoms with Crippen LogP contribution < -0.4 is 5.73 Å². The second-order valence-electron chi connectivity index (χ2n) is 6.89. The van der Waals surface area contributed by atoms with Gasteiger partial charge in [0, 0.05) is 29.5 Å². The van der Waals surface area contributed by atoms with Gasteiger partial charge in [0.25, 0.3) is 0 Å². The summed E-state index contributed by atoms with van der Waals surface area (Å²) in [7, 11) is 0. The van der Waals surface area contributed by atoms with Crippen LogP contribution in [-0.2, 0) is 6.54 Å². The van der Waals surface area contributed by atoms with Crippen molar-refractivity contribution in [1.82, 2.24) is 4.90 Å². The third-order valence-electron chi connectivity index (χ3n) is 5.20. The van der Waals surface area contributed by atoms with Crippen molar-refractivity contribution in [2.24, 2.45) is 17.6 Å². The Balaban J connectivity index is 2.24. The van der Waals surface area contributed by atoms with E-state index in [0.717, 1.165) is 19.0 Å². The predicted molar refractivity (Wildman–Crippen MR) is 89.0 cm³/mol. The van der Waals surface area contributed by atoms with Gasteiger partial charge in [-0.25, -0.2) is 0 Å². The van der Waals surface area contributed by atoms with Crippen LogP contribution >= 0.6 is 11.3 Å². The van der Waals surface area contributed by atoms with Crippen LogP contribution in [0.4, 0.5) is 0 Å². The highest BCUT2D eigenvalue weighted by Crippen LogP contribution is 2.42. The van der Waals surface area contributed by atoms with Crippen molar-refractivity contribution in [2.45, 2.75) is 65.1 Å². The van der Waals surface area contributed by atoms with Gasteiger partial charge in [-0.1, -0.05) is 19.9 Å². The van der Waals surface area contributed by atoms with Crippen molar-refractivity contribution in [3.63, 3.8) is 0 Å². The Morgan fingerprint density at radius 2 is 2.20 bits per heavy atom. The molecular weight excluding hydrogens is 264 g/mol. The molecule has 2 nitrogen and oxygen atoms in total. The second kappa shape index (κ2) is 6.59. The lowest BCUT2D eigenvalue weighted by Gasteiger charge is -2.53. The molecule has 0 amide bonds. The summed E-state index contributed by atoms with van der Waals surface area (Å²) >= 11 is 1.86. The number of thiophene rings is 1. The molecule has 2 rings (SSSR count). The van der Waals surface area contributed by atoms with Crippen LogP contribution in [0, 0.1) is 11.8 Å². The highest BCUT2D eigenvalue weighted by Gasteiger charge is 2.44. The molecule has 1 aromatic rings. The quantitative estimate of drug-likeness (QED) is 0.885. The molecule has 1 fully saturated rings. The lowest BCUT2D eigenvalue weighted by Crippen LogP contribution is -2.61. The normalized spacial score (nSPS) is 31.1. The Hall–Kier alpha value is -0.380. The molecular formula is C17H30N2S. The number of nitrogens with two attached hydrogens (primary N) is 1. The minimum atomic E-state index is 0.185. The van der Waals surface area contributed by atoms with Gasteiger partial charge in [-0.05, 0) is 56.4 Å².